The van der Waals surface area contributed by atoms with E-state index < -0.39 is 0 Å². The molecule has 1 aromatic heterocycles. The van der Waals surface area contributed by atoms with Gasteiger partial charge in [-0.25, -0.2) is 0 Å². The molecule has 1 heterocycles. The van der Waals surface area contributed by atoms with E-state index in [0.29, 0.717) is 13.1 Å². The van der Waals surface area contributed by atoms with Gasteiger partial charge in [0, 0.05) is 13.1 Å². The predicted octanol–water partition coefficient (Wildman–Crippen LogP) is 2.82. The normalized spacial score (nSPS) is 10.1. The number of amides is 1. The molecule has 0 bridgehead atoms. The first-order chi connectivity index (χ1) is 8.10. The average Bonchev–Trinajstić information content (AvgIpc) is 2.31. The van der Waals surface area contributed by atoms with Gasteiger partial charge in [-0.3, -0.25) is 4.79 Å². The van der Waals surface area contributed by atoms with Crippen LogP contribution in [0.15, 0.2) is 18.7 Å². The van der Waals surface area contributed by atoms with Crippen LogP contribution in [-0.2, 0) is 0 Å². The van der Waals surface area contributed by atoms with Crippen LogP contribution in [0.4, 0.5) is 0 Å². The van der Waals surface area contributed by atoms with Crippen molar-refractivity contribution in [1.29, 1.82) is 0 Å². The van der Waals surface area contributed by atoms with Crippen LogP contribution in [0.2, 0.25) is 10.3 Å². The monoisotopic (exact) mass is 273 g/mol. The maximum Gasteiger partial charge on any atom is 0.257 e. The van der Waals surface area contributed by atoms with Crippen molar-refractivity contribution in [3.05, 3.63) is 34.6 Å². The van der Waals surface area contributed by atoms with Crippen molar-refractivity contribution in [2.45, 2.75) is 13.3 Å². The molecule has 0 aliphatic carbocycles. The highest BCUT2D eigenvalue weighted by Crippen LogP contribution is 2.17. The molecule has 0 atom stereocenters. The average molecular weight is 274 g/mol. The molecule has 17 heavy (non-hydrogen) atoms. The molecule has 0 saturated heterocycles. The van der Waals surface area contributed by atoms with Crippen molar-refractivity contribution in [2.24, 2.45) is 0 Å². The van der Waals surface area contributed by atoms with E-state index in [2.05, 4.69) is 16.8 Å². The van der Waals surface area contributed by atoms with Crippen molar-refractivity contribution < 1.29 is 4.79 Å². The Kier molecular flexibility index (Phi) is 5.38. The lowest BCUT2D eigenvalue weighted by Crippen LogP contribution is -2.32. The first kappa shape index (κ1) is 13.9. The second-order valence-corrected chi connectivity index (χ2v) is 4.16. The highest BCUT2D eigenvalue weighted by atomic mass is 35.5. The standard InChI is InChI=1S/C11H13Cl2N3O/c1-3-5-16(6-4-2)11(17)8-7-9(12)14-15-10(8)13/h3,7H,1,4-6H2,2H3. The van der Waals surface area contributed by atoms with Crippen LogP contribution in [0.3, 0.4) is 0 Å². The highest BCUT2D eigenvalue weighted by Gasteiger charge is 2.18. The Morgan fingerprint density at radius 1 is 1.53 bits per heavy atom. The fourth-order valence-corrected chi connectivity index (χ4v) is 1.69. The van der Waals surface area contributed by atoms with Gasteiger partial charge in [0.05, 0.1) is 5.56 Å². The number of hydrogen-bond donors (Lipinski definition) is 0. The second kappa shape index (κ2) is 6.57. The number of carbonyl (C=O) groups is 1. The third-order valence-corrected chi connectivity index (χ3v) is 2.54. The molecule has 0 fully saturated rings. The van der Waals surface area contributed by atoms with Gasteiger partial charge in [-0.05, 0) is 12.5 Å². The Bertz CT molecular complexity index is 423. The molecular weight excluding hydrogens is 261 g/mol. The Morgan fingerprint density at radius 2 is 2.24 bits per heavy atom. The van der Waals surface area contributed by atoms with Gasteiger partial charge in [-0.15, -0.1) is 16.8 Å². The van der Waals surface area contributed by atoms with Crippen LogP contribution in [0.1, 0.15) is 23.7 Å². The minimum atomic E-state index is -0.214. The zero-order valence-corrected chi connectivity index (χ0v) is 11.0. The number of nitrogens with zero attached hydrogens (tertiary/aromatic N) is 3. The van der Waals surface area contributed by atoms with Crippen LogP contribution in [0.25, 0.3) is 0 Å². The zero-order chi connectivity index (χ0) is 12.8. The van der Waals surface area contributed by atoms with Crippen LogP contribution in [-0.4, -0.2) is 34.1 Å². The zero-order valence-electron chi connectivity index (χ0n) is 9.49. The second-order valence-electron chi connectivity index (χ2n) is 3.41. The van der Waals surface area contributed by atoms with Crippen molar-refractivity contribution in [3.63, 3.8) is 0 Å². The molecule has 1 rings (SSSR count). The molecule has 0 unspecified atom stereocenters. The maximum atomic E-state index is 12.2. The van der Waals surface area contributed by atoms with E-state index in [1.54, 1.807) is 11.0 Å². The lowest BCUT2D eigenvalue weighted by atomic mass is 10.2. The van der Waals surface area contributed by atoms with E-state index in [1.165, 1.54) is 6.07 Å². The van der Waals surface area contributed by atoms with Gasteiger partial charge in [0.1, 0.15) is 0 Å². The SMILES string of the molecule is C=CCN(CCC)C(=O)c1cc(Cl)nnc1Cl. The molecule has 0 spiro atoms. The molecule has 0 aliphatic heterocycles. The first-order valence-corrected chi connectivity index (χ1v) is 5.94. The minimum Gasteiger partial charge on any atom is -0.335 e. The Labute approximate surface area is 110 Å². The maximum absolute atomic E-state index is 12.2. The van der Waals surface area contributed by atoms with E-state index in [0.717, 1.165) is 6.42 Å². The quantitative estimate of drug-likeness (QED) is 0.775. The topological polar surface area (TPSA) is 46.1 Å². The van der Waals surface area contributed by atoms with Crippen LogP contribution < -0.4 is 0 Å². The van der Waals surface area contributed by atoms with Gasteiger partial charge < -0.3 is 4.90 Å². The van der Waals surface area contributed by atoms with E-state index in [9.17, 15) is 4.79 Å². The lowest BCUT2D eigenvalue weighted by molar-refractivity contribution is 0.0773. The summed E-state index contributed by atoms with van der Waals surface area (Å²) >= 11 is 11.5. The molecule has 0 aromatic carbocycles. The van der Waals surface area contributed by atoms with Crippen molar-refractivity contribution in [3.8, 4) is 0 Å². The van der Waals surface area contributed by atoms with Crippen LogP contribution in [0.5, 0.6) is 0 Å². The number of hydrogen-bond acceptors (Lipinski definition) is 3. The molecule has 1 aromatic rings. The number of rotatable bonds is 5. The molecule has 0 N–H and O–H groups in total. The van der Waals surface area contributed by atoms with Gasteiger partial charge in [0.2, 0.25) is 0 Å². The van der Waals surface area contributed by atoms with Gasteiger partial charge in [-0.2, -0.15) is 0 Å². The summed E-state index contributed by atoms with van der Waals surface area (Å²) in [6.07, 6.45) is 2.52. The highest BCUT2D eigenvalue weighted by molar-refractivity contribution is 6.34. The lowest BCUT2D eigenvalue weighted by Gasteiger charge is -2.20. The minimum absolute atomic E-state index is 0.0598. The van der Waals surface area contributed by atoms with Crippen molar-refractivity contribution in [1.82, 2.24) is 15.1 Å². The summed E-state index contributed by atoms with van der Waals surface area (Å²) in [5.74, 6) is -0.214. The summed E-state index contributed by atoms with van der Waals surface area (Å²) in [6, 6.07) is 1.42. The van der Waals surface area contributed by atoms with Gasteiger partial charge in [0.25, 0.3) is 5.91 Å². The summed E-state index contributed by atoms with van der Waals surface area (Å²) < 4.78 is 0. The fraction of sp³-hybridized carbons (Fsp3) is 0.364. The van der Waals surface area contributed by atoms with E-state index in [4.69, 9.17) is 23.2 Å². The van der Waals surface area contributed by atoms with Crippen molar-refractivity contribution in [2.75, 3.05) is 13.1 Å². The van der Waals surface area contributed by atoms with Crippen LogP contribution in [0, 0.1) is 0 Å². The summed E-state index contributed by atoms with van der Waals surface area (Å²) in [5, 5.41) is 7.38. The molecular formula is C11H13Cl2N3O. The summed E-state index contributed by atoms with van der Waals surface area (Å²) in [7, 11) is 0. The predicted molar refractivity (Wildman–Crippen MR) is 68.4 cm³/mol. The van der Waals surface area contributed by atoms with E-state index in [1.807, 2.05) is 6.92 Å². The third-order valence-electron chi connectivity index (χ3n) is 2.08. The van der Waals surface area contributed by atoms with Gasteiger partial charge in [-0.1, -0.05) is 36.2 Å². The third kappa shape index (κ3) is 3.68. The molecule has 0 saturated carbocycles. The van der Waals surface area contributed by atoms with E-state index in [-0.39, 0.29) is 21.8 Å². The molecule has 1 amide bonds. The fourth-order valence-electron chi connectivity index (χ4n) is 1.37. The Morgan fingerprint density at radius 3 is 2.82 bits per heavy atom. The van der Waals surface area contributed by atoms with Crippen molar-refractivity contribution >= 4 is 29.1 Å². The molecule has 0 aliphatic rings. The van der Waals surface area contributed by atoms with Crippen LogP contribution >= 0.6 is 23.2 Å². The summed E-state index contributed by atoms with van der Waals surface area (Å²) in [6.45, 7) is 6.69. The first-order valence-electron chi connectivity index (χ1n) is 5.19. The summed E-state index contributed by atoms with van der Waals surface area (Å²) in [4.78, 5) is 13.8. The molecule has 92 valence electrons. The number of aromatic nitrogens is 2. The molecule has 0 radical (unpaired) electrons. The molecule has 4 nitrogen and oxygen atoms in total. The Hall–Kier alpha value is -1.13. The summed E-state index contributed by atoms with van der Waals surface area (Å²) in [5.41, 5.74) is 0.266. The number of carbonyl (C=O) groups excluding carboxylic acids is 1. The van der Waals surface area contributed by atoms with Gasteiger partial charge in [0.15, 0.2) is 10.3 Å². The van der Waals surface area contributed by atoms with E-state index >= 15 is 0 Å². The largest absolute Gasteiger partial charge is 0.335 e. The molecule has 6 heteroatoms. The van der Waals surface area contributed by atoms with Gasteiger partial charge >= 0.3 is 0 Å². The smallest absolute Gasteiger partial charge is 0.257 e. The number of halogens is 2. The Balaban J connectivity index is 2.99.